The molecule has 6 heteroatoms. The first-order valence-corrected chi connectivity index (χ1v) is 8.88. The Kier molecular flexibility index (Phi) is 7.34. The minimum Gasteiger partial charge on any atom is -0.398 e. The molecule has 0 aliphatic carbocycles. The SMILES string of the molecule is CCCCCCCCNS(=O)(=O)c1cc(Cl)ccc1N. The quantitative estimate of drug-likeness (QED) is 0.540. The lowest BCUT2D eigenvalue weighted by Crippen LogP contribution is -2.25. The molecule has 1 rings (SSSR count). The standard InChI is InChI=1S/C14H23ClN2O2S/c1-2-3-4-5-6-7-10-17-20(18,19)14-11-12(15)8-9-13(14)16/h8-9,11,17H,2-7,10,16H2,1H3. The molecule has 0 amide bonds. The van der Waals surface area contributed by atoms with Crippen molar-refractivity contribution in [3.05, 3.63) is 23.2 Å². The Morgan fingerprint density at radius 1 is 1.15 bits per heavy atom. The molecule has 1 aromatic carbocycles. The van der Waals surface area contributed by atoms with Crippen molar-refractivity contribution in [2.45, 2.75) is 50.3 Å². The molecular weight excluding hydrogens is 296 g/mol. The molecular formula is C14H23ClN2O2S. The maximum Gasteiger partial charge on any atom is 0.242 e. The highest BCUT2D eigenvalue weighted by atomic mass is 35.5. The van der Waals surface area contributed by atoms with Crippen LogP contribution in [0.5, 0.6) is 0 Å². The van der Waals surface area contributed by atoms with Gasteiger partial charge >= 0.3 is 0 Å². The fraction of sp³-hybridized carbons (Fsp3) is 0.571. The predicted octanol–water partition coefficient (Wildman–Crippen LogP) is 3.56. The van der Waals surface area contributed by atoms with Crippen molar-refractivity contribution >= 4 is 27.3 Å². The minimum atomic E-state index is -3.57. The van der Waals surface area contributed by atoms with Crippen LogP contribution in [0.4, 0.5) is 5.69 Å². The van der Waals surface area contributed by atoms with Crippen molar-refractivity contribution in [3.63, 3.8) is 0 Å². The first-order valence-electron chi connectivity index (χ1n) is 7.02. The summed E-state index contributed by atoms with van der Waals surface area (Å²) in [6.45, 7) is 2.60. The van der Waals surface area contributed by atoms with Gasteiger partial charge < -0.3 is 5.73 Å². The van der Waals surface area contributed by atoms with Crippen LogP contribution >= 0.6 is 11.6 Å². The zero-order valence-corrected chi connectivity index (χ0v) is 13.4. The van der Waals surface area contributed by atoms with Crippen molar-refractivity contribution in [1.29, 1.82) is 0 Å². The van der Waals surface area contributed by atoms with Crippen LogP contribution in [0.15, 0.2) is 23.1 Å². The fourth-order valence-electron chi connectivity index (χ4n) is 1.93. The molecule has 20 heavy (non-hydrogen) atoms. The summed E-state index contributed by atoms with van der Waals surface area (Å²) in [6, 6.07) is 4.45. The molecule has 3 N–H and O–H groups in total. The Morgan fingerprint density at radius 2 is 1.80 bits per heavy atom. The second-order valence-electron chi connectivity index (χ2n) is 4.85. The molecule has 0 heterocycles. The molecule has 0 fully saturated rings. The molecule has 0 atom stereocenters. The van der Waals surface area contributed by atoms with Crippen LogP contribution in [0.25, 0.3) is 0 Å². The van der Waals surface area contributed by atoms with Crippen LogP contribution in [-0.2, 0) is 10.0 Å². The van der Waals surface area contributed by atoms with Gasteiger partial charge in [-0.25, -0.2) is 13.1 Å². The first-order chi connectivity index (χ1) is 9.47. The second-order valence-corrected chi connectivity index (χ2v) is 7.02. The molecule has 0 radical (unpaired) electrons. The van der Waals surface area contributed by atoms with Gasteiger partial charge in [-0.2, -0.15) is 0 Å². The summed E-state index contributed by atoms with van der Waals surface area (Å²) in [5.74, 6) is 0. The van der Waals surface area contributed by atoms with Crippen molar-refractivity contribution in [3.8, 4) is 0 Å². The zero-order chi connectivity index (χ0) is 15.0. The van der Waals surface area contributed by atoms with Crippen LogP contribution < -0.4 is 10.5 Å². The van der Waals surface area contributed by atoms with E-state index in [0.29, 0.717) is 11.6 Å². The number of halogens is 1. The second kappa shape index (κ2) is 8.49. The van der Waals surface area contributed by atoms with Crippen LogP contribution in [0, 0.1) is 0 Å². The number of unbranched alkanes of at least 4 members (excludes halogenated alkanes) is 5. The normalized spacial score (nSPS) is 11.7. The van der Waals surface area contributed by atoms with E-state index in [1.165, 1.54) is 31.4 Å². The molecule has 0 unspecified atom stereocenters. The third kappa shape index (κ3) is 5.69. The van der Waals surface area contributed by atoms with Crippen LogP contribution in [0.3, 0.4) is 0 Å². The average molecular weight is 319 g/mol. The van der Waals surface area contributed by atoms with Crippen LogP contribution in [0.1, 0.15) is 45.4 Å². The highest BCUT2D eigenvalue weighted by Crippen LogP contribution is 2.22. The summed E-state index contributed by atoms with van der Waals surface area (Å²) in [7, 11) is -3.57. The molecule has 0 aliphatic heterocycles. The predicted molar refractivity (Wildman–Crippen MR) is 84.4 cm³/mol. The molecule has 114 valence electrons. The molecule has 1 aromatic rings. The van der Waals surface area contributed by atoms with E-state index in [4.69, 9.17) is 17.3 Å². The van der Waals surface area contributed by atoms with Gasteiger partial charge in [0.15, 0.2) is 0 Å². The monoisotopic (exact) mass is 318 g/mol. The van der Waals surface area contributed by atoms with Crippen molar-refractivity contribution < 1.29 is 8.42 Å². The van der Waals surface area contributed by atoms with E-state index in [2.05, 4.69) is 11.6 Å². The number of nitrogen functional groups attached to an aromatic ring is 1. The van der Waals surface area contributed by atoms with E-state index < -0.39 is 10.0 Å². The van der Waals surface area contributed by atoms with Gasteiger partial charge in [0, 0.05) is 11.6 Å². The van der Waals surface area contributed by atoms with E-state index in [1.807, 2.05) is 0 Å². The number of rotatable bonds is 9. The van der Waals surface area contributed by atoms with Gasteiger partial charge in [-0.3, -0.25) is 0 Å². The Morgan fingerprint density at radius 3 is 2.50 bits per heavy atom. The number of anilines is 1. The lowest BCUT2D eigenvalue weighted by molar-refractivity contribution is 0.568. The van der Waals surface area contributed by atoms with E-state index in [1.54, 1.807) is 6.07 Å². The minimum absolute atomic E-state index is 0.0518. The smallest absolute Gasteiger partial charge is 0.242 e. The Bertz CT molecular complexity index is 518. The third-order valence-electron chi connectivity index (χ3n) is 3.09. The summed E-state index contributed by atoms with van der Waals surface area (Å²) < 4.78 is 26.7. The number of sulfonamides is 1. The molecule has 0 saturated heterocycles. The number of hydrogen-bond acceptors (Lipinski definition) is 3. The third-order valence-corrected chi connectivity index (χ3v) is 4.84. The van der Waals surface area contributed by atoms with Gasteiger partial charge in [-0.15, -0.1) is 0 Å². The van der Waals surface area contributed by atoms with Gasteiger partial charge in [0.25, 0.3) is 0 Å². The number of hydrogen-bond donors (Lipinski definition) is 2. The summed E-state index contributed by atoms with van der Waals surface area (Å²) in [5.41, 5.74) is 5.90. The first kappa shape index (κ1) is 17.3. The highest BCUT2D eigenvalue weighted by molar-refractivity contribution is 7.89. The molecule has 0 spiro atoms. The Balaban J connectivity index is 2.44. The Labute approximate surface area is 126 Å². The number of nitrogens with one attached hydrogen (secondary N) is 1. The van der Waals surface area contributed by atoms with E-state index in [9.17, 15) is 8.42 Å². The van der Waals surface area contributed by atoms with E-state index >= 15 is 0 Å². The van der Waals surface area contributed by atoms with Crippen LogP contribution in [-0.4, -0.2) is 15.0 Å². The average Bonchev–Trinajstić information content (AvgIpc) is 2.40. The topological polar surface area (TPSA) is 72.2 Å². The van der Waals surface area contributed by atoms with Crippen molar-refractivity contribution in [1.82, 2.24) is 4.72 Å². The fourth-order valence-corrected chi connectivity index (χ4v) is 3.40. The number of nitrogens with two attached hydrogens (primary N) is 1. The van der Waals surface area contributed by atoms with Gasteiger partial charge in [0.1, 0.15) is 4.90 Å². The van der Waals surface area contributed by atoms with Crippen molar-refractivity contribution in [2.75, 3.05) is 12.3 Å². The van der Waals surface area contributed by atoms with Gasteiger partial charge in [-0.1, -0.05) is 50.6 Å². The van der Waals surface area contributed by atoms with Crippen molar-refractivity contribution in [2.24, 2.45) is 0 Å². The lowest BCUT2D eigenvalue weighted by Gasteiger charge is -2.09. The molecule has 0 saturated carbocycles. The van der Waals surface area contributed by atoms with E-state index in [-0.39, 0.29) is 10.6 Å². The van der Waals surface area contributed by atoms with Gasteiger partial charge in [-0.05, 0) is 24.6 Å². The summed E-state index contributed by atoms with van der Waals surface area (Å²) in [6.07, 6.45) is 6.68. The maximum atomic E-state index is 12.1. The largest absolute Gasteiger partial charge is 0.398 e. The van der Waals surface area contributed by atoms with E-state index in [0.717, 1.165) is 19.3 Å². The molecule has 0 aliphatic rings. The summed E-state index contributed by atoms with van der Waals surface area (Å²) in [5, 5.41) is 0.360. The molecule has 0 aromatic heterocycles. The Hall–Kier alpha value is -0.780. The van der Waals surface area contributed by atoms with Crippen LogP contribution in [0.2, 0.25) is 5.02 Å². The molecule has 0 bridgehead atoms. The zero-order valence-electron chi connectivity index (χ0n) is 11.9. The summed E-state index contributed by atoms with van der Waals surface area (Å²) >= 11 is 5.81. The van der Waals surface area contributed by atoms with Gasteiger partial charge in [0.05, 0.1) is 5.69 Å². The lowest BCUT2D eigenvalue weighted by atomic mass is 10.1. The maximum absolute atomic E-state index is 12.1. The molecule has 4 nitrogen and oxygen atoms in total. The summed E-state index contributed by atoms with van der Waals surface area (Å²) in [4.78, 5) is 0.0518. The highest BCUT2D eigenvalue weighted by Gasteiger charge is 2.17. The van der Waals surface area contributed by atoms with Gasteiger partial charge in [0.2, 0.25) is 10.0 Å². The number of benzene rings is 1.